The van der Waals surface area contributed by atoms with E-state index < -0.39 is 0 Å². The minimum absolute atomic E-state index is 0.143. The van der Waals surface area contributed by atoms with Crippen LogP contribution in [0.5, 0.6) is 0 Å². The molecule has 106 valence electrons. The quantitative estimate of drug-likeness (QED) is 0.854. The molecule has 0 amide bonds. The van der Waals surface area contributed by atoms with Gasteiger partial charge in [0.1, 0.15) is 6.07 Å². The number of morpholine rings is 1. The van der Waals surface area contributed by atoms with Crippen LogP contribution in [0.25, 0.3) is 0 Å². The van der Waals surface area contributed by atoms with Crippen molar-refractivity contribution in [3.8, 4) is 6.07 Å². The fraction of sp³-hybridized carbons (Fsp3) is 0.286. The van der Waals surface area contributed by atoms with Crippen LogP contribution < -0.4 is 4.90 Å². The van der Waals surface area contributed by atoms with Crippen LogP contribution in [-0.2, 0) is 4.74 Å². The number of benzene rings is 1. The van der Waals surface area contributed by atoms with Gasteiger partial charge in [0.2, 0.25) is 11.8 Å². The summed E-state index contributed by atoms with van der Waals surface area (Å²) >= 11 is 1.42. The molecule has 1 aromatic carbocycles. The maximum Gasteiger partial charge on any atom is 0.237 e. The summed E-state index contributed by atoms with van der Waals surface area (Å²) in [7, 11) is 0. The second-order valence-electron chi connectivity index (χ2n) is 4.37. The van der Waals surface area contributed by atoms with Gasteiger partial charge in [-0.1, -0.05) is 18.2 Å². The fourth-order valence-electron chi connectivity index (χ4n) is 1.94. The first kappa shape index (κ1) is 13.8. The summed E-state index contributed by atoms with van der Waals surface area (Å²) in [6.45, 7) is 2.75. The highest BCUT2D eigenvalue weighted by Gasteiger charge is 2.16. The average molecular weight is 299 g/mol. The van der Waals surface area contributed by atoms with Gasteiger partial charge in [-0.3, -0.25) is 0 Å². The van der Waals surface area contributed by atoms with Crippen molar-refractivity contribution in [3.63, 3.8) is 0 Å². The summed E-state index contributed by atoms with van der Waals surface area (Å²) in [5, 5.41) is 9.63. The smallest absolute Gasteiger partial charge is 0.237 e. The third kappa shape index (κ3) is 3.48. The molecule has 1 aliphatic rings. The molecule has 0 N–H and O–H groups in total. The Morgan fingerprint density at radius 2 is 1.86 bits per heavy atom. The monoisotopic (exact) mass is 299 g/mol. The number of anilines is 1. The van der Waals surface area contributed by atoms with Gasteiger partial charge in [0.15, 0.2) is 5.16 Å². The van der Waals surface area contributed by atoms with Gasteiger partial charge in [-0.25, -0.2) is 0 Å². The molecule has 1 aromatic heterocycles. The Morgan fingerprint density at radius 3 is 2.57 bits per heavy atom. The van der Waals surface area contributed by atoms with Gasteiger partial charge in [-0.2, -0.15) is 20.2 Å². The molecule has 1 aliphatic heterocycles. The summed E-state index contributed by atoms with van der Waals surface area (Å²) in [5.74, 6) is 0.688. The normalized spacial score (nSPS) is 14.7. The Balaban J connectivity index is 1.88. The van der Waals surface area contributed by atoms with Crippen LogP contribution in [0, 0.1) is 11.3 Å². The summed E-state index contributed by atoms with van der Waals surface area (Å²) < 4.78 is 5.32. The number of aromatic nitrogens is 3. The first-order chi connectivity index (χ1) is 10.3. The highest BCUT2D eigenvalue weighted by atomic mass is 32.2. The minimum Gasteiger partial charge on any atom is -0.378 e. The summed E-state index contributed by atoms with van der Waals surface area (Å²) in [6, 6.07) is 11.8. The summed E-state index contributed by atoms with van der Waals surface area (Å²) in [4.78, 5) is 15.9. The molecule has 0 spiro atoms. The molecule has 0 aliphatic carbocycles. The predicted molar refractivity (Wildman–Crippen MR) is 78.1 cm³/mol. The molecule has 0 saturated carbocycles. The fourth-order valence-corrected chi connectivity index (χ4v) is 2.70. The molecule has 2 heterocycles. The topological polar surface area (TPSA) is 74.9 Å². The van der Waals surface area contributed by atoms with Crippen LogP contribution in [0.2, 0.25) is 0 Å². The third-order valence-electron chi connectivity index (χ3n) is 2.95. The first-order valence-electron chi connectivity index (χ1n) is 6.57. The van der Waals surface area contributed by atoms with Crippen LogP contribution in [0.1, 0.15) is 5.82 Å². The van der Waals surface area contributed by atoms with E-state index in [1.165, 1.54) is 11.8 Å². The zero-order valence-corrected chi connectivity index (χ0v) is 12.1. The van der Waals surface area contributed by atoms with E-state index in [-0.39, 0.29) is 5.82 Å². The van der Waals surface area contributed by atoms with Crippen molar-refractivity contribution < 1.29 is 4.74 Å². The molecule has 0 atom stereocenters. The van der Waals surface area contributed by atoms with E-state index in [2.05, 4.69) is 15.0 Å². The van der Waals surface area contributed by atoms with Crippen molar-refractivity contribution in [2.24, 2.45) is 0 Å². The largest absolute Gasteiger partial charge is 0.378 e. The highest BCUT2D eigenvalue weighted by Crippen LogP contribution is 2.25. The molecule has 1 saturated heterocycles. The van der Waals surface area contributed by atoms with E-state index in [9.17, 15) is 0 Å². The van der Waals surface area contributed by atoms with Gasteiger partial charge in [0.25, 0.3) is 0 Å². The first-order valence-corrected chi connectivity index (χ1v) is 7.38. The molecule has 21 heavy (non-hydrogen) atoms. The summed E-state index contributed by atoms with van der Waals surface area (Å²) in [6.07, 6.45) is 0. The lowest BCUT2D eigenvalue weighted by molar-refractivity contribution is 0.122. The molecule has 0 radical (unpaired) electrons. The summed E-state index contributed by atoms with van der Waals surface area (Å²) in [5.41, 5.74) is 0. The molecular formula is C14H13N5OS. The molecule has 1 fully saturated rings. The molecule has 2 aromatic rings. The van der Waals surface area contributed by atoms with Crippen molar-refractivity contribution in [3.05, 3.63) is 36.2 Å². The van der Waals surface area contributed by atoms with Gasteiger partial charge >= 0.3 is 0 Å². The van der Waals surface area contributed by atoms with E-state index in [0.29, 0.717) is 24.3 Å². The Morgan fingerprint density at radius 1 is 1.10 bits per heavy atom. The van der Waals surface area contributed by atoms with Crippen LogP contribution in [0.3, 0.4) is 0 Å². The molecule has 0 bridgehead atoms. The molecule has 3 rings (SSSR count). The van der Waals surface area contributed by atoms with Crippen molar-refractivity contribution in [2.75, 3.05) is 31.2 Å². The number of nitrogens with zero attached hydrogens (tertiary/aromatic N) is 5. The zero-order chi connectivity index (χ0) is 14.5. The maximum atomic E-state index is 9.10. The van der Waals surface area contributed by atoms with E-state index >= 15 is 0 Å². The van der Waals surface area contributed by atoms with Gasteiger partial charge in [-0.15, -0.1) is 0 Å². The van der Waals surface area contributed by atoms with Crippen LogP contribution in [0.15, 0.2) is 40.4 Å². The molecule has 0 unspecified atom stereocenters. The second-order valence-corrected chi connectivity index (χ2v) is 5.41. The number of hydrogen-bond acceptors (Lipinski definition) is 7. The second kappa shape index (κ2) is 6.52. The van der Waals surface area contributed by atoms with Gasteiger partial charge in [0.05, 0.1) is 13.2 Å². The van der Waals surface area contributed by atoms with E-state index in [4.69, 9.17) is 10.00 Å². The molecule has 7 heteroatoms. The third-order valence-corrected chi connectivity index (χ3v) is 3.82. The van der Waals surface area contributed by atoms with Crippen LogP contribution in [-0.4, -0.2) is 41.3 Å². The van der Waals surface area contributed by atoms with Gasteiger partial charge in [0, 0.05) is 18.0 Å². The lowest BCUT2D eigenvalue weighted by Gasteiger charge is -2.26. The Bertz CT molecular complexity index is 652. The van der Waals surface area contributed by atoms with E-state index in [0.717, 1.165) is 18.0 Å². The van der Waals surface area contributed by atoms with Gasteiger partial charge in [-0.05, 0) is 23.9 Å². The number of rotatable bonds is 3. The lowest BCUT2D eigenvalue weighted by Crippen LogP contribution is -2.37. The predicted octanol–water partition coefficient (Wildman–Crippen LogP) is 1.73. The van der Waals surface area contributed by atoms with Crippen molar-refractivity contribution in [2.45, 2.75) is 10.1 Å². The Kier molecular flexibility index (Phi) is 4.28. The van der Waals surface area contributed by atoms with Crippen molar-refractivity contribution in [1.82, 2.24) is 15.0 Å². The maximum absolute atomic E-state index is 9.10. The van der Waals surface area contributed by atoms with E-state index in [1.54, 1.807) is 0 Å². The Hall–Kier alpha value is -2.17. The van der Waals surface area contributed by atoms with Crippen LogP contribution >= 0.6 is 11.8 Å². The molecule has 6 nitrogen and oxygen atoms in total. The average Bonchev–Trinajstić information content (AvgIpc) is 2.56. The SMILES string of the molecule is N#Cc1nc(Sc2ccccc2)nc(N2CCOCC2)n1. The number of nitriles is 1. The Labute approximate surface area is 126 Å². The number of ether oxygens (including phenoxy) is 1. The number of hydrogen-bond donors (Lipinski definition) is 0. The van der Waals surface area contributed by atoms with E-state index in [1.807, 2.05) is 41.3 Å². The zero-order valence-electron chi connectivity index (χ0n) is 11.3. The molecular weight excluding hydrogens is 286 g/mol. The van der Waals surface area contributed by atoms with Crippen molar-refractivity contribution in [1.29, 1.82) is 5.26 Å². The lowest BCUT2D eigenvalue weighted by atomic mass is 10.4. The van der Waals surface area contributed by atoms with Crippen molar-refractivity contribution >= 4 is 17.7 Å². The standard InChI is InChI=1S/C14H13N5OS/c15-10-12-16-13(19-6-8-20-9-7-19)18-14(17-12)21-11-4-2-1-3-5-11/h1-5H,6-9H2. The highest BCUT2D eigenvalue weighted by molar-refractivity contribution is 7.99. The van der Waals surface area contributed by atoms with Gasteiger partial charge < -0.3 is 9.64 Å². The van der Waals surface area contributed by atoms with Crippen LogP contribution in [0.4, 0.5) is 5.95 Å². The minimum atomic E-state index is 0.143.